The molecule has 0 atom stereocenters. The number of hydrogen-bond acceptors (Lipinski definition) is 3. The Labute approximate surface area is 147 Å². The van der Waals surface area contributed by atoms with Crippen molar-refractivity contribution in [1.29, 1.82) is 0 Å². The van der Waals surface area contributed by atoms with Gasteiger partial charge in [0.2, 0.25) is 0 Å². The van der Waals surface area contributed by atoms with Crippen molar-refractivity contribution in [2.24, 2.45) is 0 Å². The SMILES string of the molecule is CCOc1ccccc1NC(=O)Nc1ccc(C(=O)NC(C)C)cc1. The summed E-state index contributed by atoms with van der Waals surface area (Å²) in [4.78, 5) is 24.0. The highest BCUT2D eigenvalue weighted by atomic mass is 16.5. The van der Waals surface area contributed by atoms with E-state index in [9.17, 15) is 9.59 Å². The molecule has 0 radical (unpaired) electrons. The summed E-state index contributed by atoms with van der Waals surface area (Å²) in [7, 11) is 0. The minimum atomic E-state index is -0.383. The molecule has 6 nitrogen and oxygen atoms in total. The van der Waals surface area contributed by atoms with E-state index in [-0.39, 0.29) is 18.0 Å². The second-order valence-electron chi connectivity index (χ2n) is 5.71. The largest absolute Gasteiger partial charge is 0.492 e. The minimum Gasteiger partial charge on any atom is -0.492 e. The van der Waals surface area contributed by atoms with E-state index in [0.717, 1.165) is 0 Å². The Morgan fingerprint density at radius 3 is 2.32 bits per heavy atom. The third-order valence-electron chi connectivity index (χ3n) is 3.26. The first-order valence-electron chi connectivity index (χ1n) is 8.20. The van der Waals surface area contributed by atoms with Gasteiger partial charge in [-0.2, -0.15) is 0 Å². The molecule has 3 amide bonds. The quantitative estimate of drug-likeness (QED) is 0.746. The van der Waals surface area contributed by atoms with Gasteiger partial charge in [-0.15, -0.1) is 0 Å². The summed E-state index contributed by atoms with van der Waals surface area (Å²) in [5.41, 5.74) is 1.73. The van der Waals surface area contributed by atoms with E-state index in [1.54, 1.807) is 36.4 Å². The predicted octanol–water partition coefficient (Wildman–Crippen LogP) is 3.87. The highest BCUT2D eigenvalue weighted by Gasteiger charge is 2.09. The van der Waals surface area contributed by atoms with Crippen molar-refractivity contribution in [2.75, 3.05) is 17.2 Å². The van der Waals surface area contributed by atoms with Crippen LogP contribution in [0.4, 0.5) is 16.2 Å². The molecule has 25 heavy (non-hydrogen) atoms. The molecule has 0 aromatic heterocycles. The molecular formula is C19H23N3O3. The zero-order chi connectivity index (χ0) is 18.2. The third kappa shape index (κ3) is 5.53. The summed E-state index contributed by atoms with van der Waals surface area (Å²) >= 11 is 0. The summed E-state index contributed by atoms with van der Waals surface area (Å²) in [6.45, 7) is 6.20. The average Bonchev–Trinajstić information content (AvgIpc) is 2.57. The van der Waals surface area contributed by atoms with Gasteiger partial charge in [-0.25, -0.2) is 4.79 Å². The Morgan fingerprint density at radius 1 is 1.00 bits per heavy atom. The van der Waals surface area contributed by atoms with E-state index >= 15 is 0 Å². The third-order valence-corrected chi connectivity index (χ3v) is 3.26. The summed E-state index contributed by atoms with van der Waals surface area (Å²) in [5.74, 6) is 0.470. The molecule has 3 N–H and O–H groups in total. The Balaban J connectivity index is 1.98. The lowest BCUT2D eigenvalue weighted by Crippen LogP contribution is -2.30. The average molecular weight is 341 g/mol. The Morgan fingerprint density at radius 2 is 1.68 bits per heavy atom. The summed E-state index contributed by atoms with van der Waals surface area (Å²) in [6, 6.07) is 13.6. The first kappa shape index (κ1) is 18.3. The molecule has 0 aliphatic rings. The van der Waals surface area contributed by atoms with Crippen LogP contribution in [-0.4, -0.2) is 24.6 Å². The maximum atomic E-state index is 12.1. The van der Waals surface area contributed by atoms with E-state index in [1.165, 1.54) is 0 Å². The zero-order valence-corrected chi connectivity index (χ0v) is 14.6. The van der Waals surface area contributed by atoms with E-state index in [1.807, 2.05) is 32.9 Å². The fourth-order valence-corrected chi connectivity index (χ4v) is 2.19. The molecular weight excluding hydrogens is 318 g/mol. The van der Waals surface area contributed by atoms with Gasteiger partial charge in [0.25, 0.3) is 5.91 Å². The van der Waals surface area contributed by atoms with Crippen LogP contribution in [0.5, 0.6) is 5.75 Å². The molecule has 0 saturated carbocycles. The highest BCUT2D eigenvalue weighted by molar-refractivity contribution is 6.01. The normalized spacial score (nSPS) is 10.2. The number of rotatable bonds is 6. The van der Waals surface area contributed by atoms with Gasteiger partial charge in [-0.1, -0.05) is 12.1 Å². The first-order valence-corrected chi connectivity index (χ1v) is 8.20. The number of amides is 3. The second kappa shape index (κ2) is 8.73. The number of nitrogens with one attached hydrogen (secondary N) is 3. The Kier molecular flexibility index (Phi) is 6.39. The van der Waals surface area contributed by atoms with Gasteiger partial charge in [0.1, 0.15) is 5.75 Å². The van der Waals surface area contributed by atoms with Gasteiger partial charge >= 0.3 is 6.03 Å². The van der Waals surface area contributed by atoms with Crippen molar-refractivity contribution in [3.63, 3.8) is 0 Å². The number of ether oxygens (including phenoxy) is 1. The van der Waals surface area contributed by atoms with Crippen LogP contribution in [0.15, 0.2) is 48.5 Å². The Bertz CT molecular complexity index is 727. The lowest BCUT2D eigenvalue weighted by Gasteiger charge is -2.12. The lowest BCUT2D eigenvalue weighted by molar-refractivity contribution is 0.0943. The van der Waals surface area contributed by atoms with Crippen LogP contribution in [0.3, 0.4) is 0 Å². The van der Waals surface area contributed by atoms with Crippen molar-refractivity contribution in [1.82, 2.24) is 5.32 Å². The number of hydrogen-bond donors (Lipinski definition) is 3. The molecule has 0 fully saturated rings. The number of benzene rings is 2. The van der Waals surface area contributed by atoms with Crippen LogP contribution in [0, 0.1) is 0 Å². The molecule has 2 aromatic rings. The van der Waals surface area contributed by atoms with Gasteiger partial charge in [0.15, 0.2) is 0 Å². The van der Waals surface area contributed by atoms with Crippen molar-refractivity contribution in [3.05, 3.63) is 54.1 Å². The summed E-state index contributed by atoms with van der Waals surface area (Å²) < 4.78 is 5.47. The second-order valence-corrected chi connectivity index (χ2v) is 5.71. The fourth-order valence-electron chi connectivity index (χ4n) is 2.19. The van der Waals surface area contributed by atoms with Gasteiger partial charge in [0.05, 0.1) is 12.3 Å². The molecule has 0 bridgehead atoms. The van der Waals surface area contributed by atoms with Crippen LogP contribution >= 0.6 is 0 Å². The zero-order valence-electron chi connectivity index (χ0n) is 14.6. The molecule has 0 heterocycles. The maximum Gasteiger partial charge on any atom is 0.323 e. The van der Waals surface area contributed by atoms with Crippen molar-refractivity contribution in [2.45, 2.75) is 26.8 Å². The smallest absolute Gasteiger partial charge is 0.323 e. The van der Waals surface area contributed by atoms with Crippen LogP contribution < -0.4 is 20.7 Å². The molecule has 2 aromatic carbocycles. The Hall–Kier alpha value is -3.02. The number of carbonyl (C=O) groups is 2. The summed E-state index contributed by atoms with van der Waals surface area (Å²) in [5, 5.41) is 8.30. The van der Waals surface area contributed by atoms with Crippen molar-refractivity contribution >= 4 is 23.3 Å². The molecule has 0 spiro atoms. The van der Waals surface area contributed by atoms with Gasteiger partial charge in [-0.3, -0.25) is 4.79 Å². The maximum absolute atomic E-state index is 12.1. The standard InChI is InChI=1S/C19H23N3O3/c1-4-25-17-8-6-5-7-16(17)22-19(24)21-15-11-9-14(10-12-15)18(23)20-13(2)3/h5-13H,4H2,1-3H3,(H,20,23)(H2,21,22,24). The van der Waals surface area contributed by atoms with E-state index < -0.39 is 0 Å². The monoisotopic (exact) mass is 341 g/mol. The topological polar surface area (TPSA) is 79.5 Å². The van der Waals surface area contributed by atoms with Crippen molar-refractivity contribution in [3.8, 4) is 5.75 Å². The van der Waals surface area contributed by atoms with Crippen LogP contribution in [0.2, 0.25) is 0 Å². The van der Waals surface area contributed by atoms with E-state index in [4.69, 9.17) is 4.74 Å². The number of anilines is 2. The minimum absolute atomic E-state index is 0.0708. The molecule has 132 valence electrons. The number of carbonyl (C=O) groups excluding carboxylic acids is 2. The van der Waals surface area contributed by atoms with Gasteiger partial charge < -0.3 is 20.7 Å². The van der Waals surface area contributed by atoms with Crippen LogP contribution in [0.1, 0.15) is 31.1 Å². The number of para-hydroxylation sites is 2. The van der Waals surface area contributed by atoms with Gasteiger partial charge in [0, 0.05) is 17.3 Å². The predicted molar refractivity (Wildman–Crippen MR) is 99.3 cm³/mol. The number of urea groups is 1. The molecule has 2 rings (SSSR count). The van der Waals surface area contributed by atoms with Gasteiger partial charge in [-0.05, 0) is 57.2 Å². The molecule has 0 aliphatic carbocycles. The molecule has 0 aliphatic heterocycles. The van der Waals surface area contributed by atoms with Crippen LogP contribution in [-0.2, 0) is 0 Å². The molecule has 0 unspecified atom stereocenters. The first-order chi connectivity index (χ1) is 12.0. The van der Waals surface area contributed by atoms with Crippen molar-refractivity contribution < 1.29 is 14.3 Å². The van der Waals surface area contributed by atoms with Crippen LogP contribution in [0.25, 0.3) is 0 Å². The molecule has 6 heteroatoms. The van der Waals surface area contributed by atoms with E-state index in [2.05, 4.69) is 16.0 Å². The van der Waals surface area contributed by atoms with E-state index in [0.29, 0.717) is 29.3 Å². The molecule has 0 saturated heterocycles. The summed E-state index contributed by atoms with van der Waals surface area (Å²) in [6.07, 6.45) is 0. The fraction of sp³-hybridized carbons (Fsp3) is 0.263. The highest BCUT2D eigenvalue weighted by Crippen LogP contribution is 2.23. The lowest BCUT2D eigenvalue weighted by atomic mass is 10.2.